The van der Waals surface area contributed by atoms with Crippen LogP contribution in [0.15, 0.2) is 48.5 Å². The van der Waals surface area contributed by atoms with Crippen molar-refractivity contribution in [2.45, 2.75) is 18.8 Å². The van der Waals surface area contributed by atoms with Crippen LogP contribution in [0.2, 0.25) is 0 Å². The number of benzene rings is 2. The number of carbonyl (C=O) groups is 1. The topological polar surface area (TPSA) is 75.7 Å². The molecular weight excluding hydrogens is 396 g/mol. The number of sulfonamides is 1. The lowest BCUT2D eigenvalue weighted by atomic mass is 10.2. The number of rotatable bonds is 7. The normalized spacial score (nSPS) is 16.2. The summed E-state index contributed by atoms with van der Waals surface area (Å²) in [6, 6.07) is 15.2. The monoisotopic (exact) mass is 420 g/mol. The second kappa shape index (κ2) is 8.87. The fourth-order valence-corrected chi connectivity index (χ4v) is 4.62. The van der Waals surface area contributed by atoms with Gasteiger partial charge >= 0.3 is 0 Å². The van der Waals surface area contributed by atoms with E-state index in [0.717, 1.165) is 17.8 Å². The molecule has 1 atom stereocenters. The Labute approximate surface area is 170 Å². The van der Waals surface area contributed by atoms with Crippen molar-refractivity contribution in [1.29, 1.82) is 0 Å². The average Bonchev–Trinajstić information content (AvgIpc) is 2.67. The highest BCUT2D eigenvalue weighted by Crippen LogP contribution is 2.34. The summed E-state index contributed by atoms with van der Waals surface area (Å²) >= 11 is 1.73. The Bertz CT molecular complexity index is 929. The van der Waals surface area contributed by atoms with Gasteiger partial charge in [-0.2, -0.15) is 11.8 Å². The zero-order chi connectivity index (χ0) is 20.1. The number of nitrogens with one attached hydrogen (secondary N) is 1. The first-order valence-electron chi connectivity index (χ1n) is 8.99. The summed E-state index contributed by atoms with van der Waals surface area (Å²) in [6.45, 7) is 2.52. The summed E-state index contributed by atoms with van der Waals surface area (Å²) < 4.78 is 31.2. The average molecular weight is 421 g/mol. The molecule has 0 fully saturated rings. The van der Waals surface area contributed by atoms with Gasteiger partial charge in [-0.1, -0.05) is 42.0 Å². The minimum atomic E-state index is -3.50. The number of thioether (sulfide) groups is 1. The van der Waals surface area contributed by atoms with E-state index in [1.165, 1.54) is 15.4 Å². The summed E-state index contributed by atoms with van der Waals surface area (Å²) in [5, 5.41) is 2.84. The molecule has 2 aromatic rings. The van der Waals surface area contributed by atoms with Crippen LogP contribution >= 0.6 is 11.8 Å². The molecule has 2 aromatic carbocycles. The van der Waals surface area contributed by atoms with E-state index in [9.17, 15) is 13.2 Å². The first kappa shape index (κ1) is 20.5. The highest BCUT2D eigenvalue weighted by Gasteiger charge is 2.34. The minimum absolute atomic E-state index is 0.0296. The fraction of sp³-hybridized carbons (Fsp3) is 0.350. The molecule has 0 saturated carbocycles. The van der Waals surface area contributed by atoms with Gasteiger partial charge in [-0.3, -0.25) is 9.10 Å². The van der Waals surface area contributed by atoms with Crippen LogP contribution in [0.1, 0.15) is 11.1 Å². The molecule has 1 aliphatic rings. The van der Waals surface area contributed by atoms with E-state index >= 15 is 0 Å². The van der Waals surface area contributed by atoms with Crippen LogP contribution in [0.4, 0.5) is 5.69 Å². The number of ether oxygens (including phenoxy) is 1. The largest absolute Gasteiger partial charge is 0.476 e. The van der Waals surface area contributed by atoms with Gasteiger partial charge in [0.15, 0.2) is 6.10 Å². The minimum Gasteiger partial charge on any atom is -0.476 e. The quantitative estimate of drug-likeness (QED) is 0.697. The Morgan fingerprint density at radius 2 is 1.93 bits per heavy atom. The predicted octanol–water partition coefficient (Wildman–Crippen LogP) is 2.57. The van der Waals surface area contributed by atoms with E-state index in [1.807, 2.05) is 0 Å². The first-order valence-corrected chi connectivity index (χ1v) is 12.0. The molecule has 1 aliphatic heterocycles. The van der Waals surface area contributed by atoms with E-state index in [2.05, 4.69) is 36.5 Å². The van der Waals surface area contributed by atoms with Crippen LogP contribution in [-0.4, -0.2) is 45.5 Å². The van der Waals surface area contributed by atoms with Gasteiger partial charge in [0.25, 0.3) is 5.91 Å². The van der Waals surface area contributed by atoms with Crippen molar-refractivity contribution in [2.24, 2.45) is 0 Å². The molecule has 6 nitrogen and oxygen atoms in total. The molecule has 28 heavy (non-hydrogen) atoms. The number of aryl methyl sites for hydroxylation is 1. The lowest BCUT2D eigenvalue weighted by Gasteiger charge is -2.33. The van der Waals surface area contributed by atoms with Gasteiger partial charge in [0, 0.05) is 18.1 Å². The third-order valence-electron chi connectivity index (χ3n) is 4.36. The van der Waals surface area contributed by atoms with Crippen LogP contribution in [0, 0.1) is 6.92 Å². The Balaban J connectivity index is 1.51. The number of anilines is 1. The maximum Gasteiger partial charge on any atom is 0.263 e. The zero-order valence-electron chi connectivity index (χ0n) is 15.9. The third-order valence-corrected chi connectivity index (χ3v) is 6.54. The van der Waals surface area contributed by atoms with E-state index < -0.39 is 16.1 Å². The van der Waals surface area contributed by atoms with Crippen LogP contribution in [0.5, 0.6) is 5.75 Å². The molecule has 0 aliphatic carbocycles. The van der Waals surface area contributed by atoms with Gasteiger partial charge < -0.3 is 10.1 Å². The second-order valence-electron chi connectivity index (χ2n) is 6.70. The number of nitrogens with zero attached hydrogens (tertiary/aromatic N) is 1. The molecule has 0 saturated heterocycles. The number of hydrogen-bond acceptors (Lipinski definition) is 5. The molecule has 0 radical (unpaired) electrons. The smallest absolute Gasteiger partial charge is 0.263 e. The predicted molar refractivity (Wildman–Crippen MR) is 113 cm³/mol. The van der Waals surface area contributed by atoms with Crippen molar-refractivity contribution in [2.75, 3.05) is 29.4 Å². The van der Waals surface area contributed by atoms with Crippen LogP contribution in [0.25, 0.3) is 0 Å². The molecule has 0 unspecified atom stereocenters. The maximum atomic E-state index is 12.5. The van der Waals surface area contributed by atoms with Gasteiger partial charge in [-0.25, -0.2) is 8.42 Å². The molecule has 0 bridgehead atoms. The number of fused-ring (bicyclic) bond motifs is 1. The Morgan fingerprint density at radius 3 is 2.64 bits per heavy atom. The molecule has 8 heteroatoms. The summed E-state index contributed by atoms with van der Waals surface area (Å²) in [4.78, 5) is 12.5. The van der Waals surface area contributed by atoms with E-state index in [-0.39, 0.29) is 12.5 Å². The highest BCUT2D eigenvalue weighted by atomic mass is 32.2. The summed E-state index contributed by atoms with van der Waals surface area (Å²) in [7, 11) is -3.50. The number of carbonyl (C=O) groups excluding carboxylic acids is 1. The number of amides is 1. The molecular formula is C20H24N2O4S2. The summed E-state index contributed by atoms with van der Waals surface area (Å²) in [5.74, 6) is 1.73. The van der Waals surface area contributed by atoms with E-state index in [1.54, 1.807) is 36.0 Å². The van der Waals surface area contributed by atoms with E-state index in [0.29, 0.717) is 18.0 Å². The van der Waals surface area contributed by atoms with Gasteiger partial charge in [-0.05, 0) is 24.6 Å². The van der Waals surface area contributed by atoms with E-state index in [4.69, 9.17) is 4.74 Å². The maximum absolute atomic E-state index is 12.5. The van der Waals surface area contributed by atoms with Gasteiger partial charge in [0.05, 0.1) is 18.5 Å². The number of hydrogen-bond donors (Lipinski definition) is 1. The Hall–Kier alpha value is -2.19. The van der Waals surface area contributed by atoms with Crippen LogP contribution < -0.4 is 14.4 Å². The lowest BCUT2D eigenvalue weighted by Crippen LogP contribution is -2.50. The van der Waals surface area contributed by atoms with Gasteiger partial charge in [0.2, 0.25) is 10.0 Å². The molecule has 3 rings (SSSR count). The van der Waals surface area contributed by atoms with Crippen molar-refractivity contribution in [3.63, 3.8) is 0 Å². The molecule has 1 amide bonds. The number of para-hydroxylation sites is 2. The van der Waals surface area contributed by atoms with Crippen LogP contribution in [-0.2, 0) is 20.6 Å². The zero-order valence-corrected chi connectivity index (χ0v) is 17.6. The molecule has 150 valence electrons. The summed E-state index contributed by atoms with van der Waals surface area (Å²) in [6.07, 6.45) is 0.262. The molecule has 1 heterocycles. The standard InChI is InChI=1S/C20H24N2O4S2/c1-15-7-9-16(10-8-15)14-27-12-11-21-20(23)19-13-22(28(2,24)25)17-5-3-4-6-18(17)26-19/h3-10,19H,11-14H2,1-2H3,(H,21,23)/t19-/m1/s1. The Kier molecular flexibility index (Phi) is 6.51. The van der Waals surface area contributed by atoms with Crippen molar-refractivity contribution in [3.8, 4) is 5.75 Å². The second-order valence-corrected chi connectivity index (χ2v) is 9.71. The van der Waals surface area contributed by atoms with Crippen molar-refractivity contribution < 1.29 is 17.9 Å². The van der Waals surface area contributed by atoms with Gasteiger partial charge in [0.1, 0.15) is 5.75 Å². The highest BCUT2D eigenvalue weighted by molar-refractivity contribution is 7.98. The SMILES string of the molecule is Cc1ccc(CSCCNC(=O)[C@H]2CN(S(C)(=O)=O)c3ccccc3O2)cc1. The first-order chi connectivity index (χ1) is 13.3. The molecule has 0 aromatic heterocycles. The lowest BCUT2D eigenvalue weighted by molar-refractivity contribution is -0.127. The third kappa shape index (κ3) is 5.20. The Morgan fingerprint density at radius 1 is 1.21 bits per heavy atom. The summed E-state index contributed by atoms with van der Waals surface area (Å²) in [5.41, 5.74) is 2.94. The van der Waals surface area contributed by atoms with Crippen molar-refractivity contribution >= 4 is 33.4 Å². The fourth-order valence-electron chi connectivity index (χ4n) is 2.89. The van der Waals surface area contributed by atoms with Crippen molar-refractivity contribution in [3.05, 3.63) is 59.7 Å². The molecule has 1 N–H and O–H groups in total. The van der Waals surface area contributed by atoms with Crippen LogP contribution in [0.3, 0.4) is 0 Å². The van der Waals surface area contributed by atoms with Gasteiger partial charge in [-0.15, -0.1) is 0 Å². The molecule has 0 spiro atoms. The van der Waals surface area contributed by atoms with Crippen molar-refractivity contribution in [1.82, 2.24) is 5.32 Å².